The van der Waals surface area contributed by atoms with Crippen LogP contribution in [0, 0.1) is 0 Å². The summed E-state index contributed by atoms with van der Waals surface area (Å²) in [6, 6.07) is 13.3. The van der Waals surface area contributed by atoms with E-state index in [1.54, 1.807) is 16.6 Å². The zero-order valence-electron chi connectivity index (χ0n) is 12.2. The van der Waals surface area contributed by atoms with Gasteiger partial charge in [-0.15, -0.1) is 0 Å². The van der Waals surface area contributed by atoms with Gasteiger partial charge >= 0.3 is 0 Å². The minimum Gasteiger partial charge on any atom is -0.338 e. The molecule has 5 rings (SSSR count). The number of imidazole rings is 1. The van der Waals surface area contributed by atoms with Gasteiger partial charge in [-0.1, -0.05) is 41.4 Å². The lowest BCUT2D eigenvalue weighted by Crippen LogP contribution is -1.93. The Hall–Kier alpha value is -2.63. The fourth-order valence-corrected chi connectivity index (χ4v) is 3.35. The summed E-state index contributed by atoms with van der Waals surface area (Å²) >= 11 is 12.2. The summed E-state index contributed by atoms with van der Waals surface area (Å²) in [7, 11) is 0. The van der Waals surface area contributed by atoms with E-state index in [2.05, 4.69) is 20.1 Å². The van der Waals surface area contributed by atoms with Crippen molar-refractivity contribution in [2.45, 2.75) is 0 Å². The van der Waals surface area contributed by atoms with Crippen LogP contribution in [-0.4, -0.2) is 24.6 Å². The third kappa shape index (κ3) is 1.99. The van der Waals surface area contributed by atoms with E-state index in [1.807, 2.05) is 36.5 Å². The molecule has 3 aromatic heterocycles. The number of aromatic amines is 1. The zero-order valence-corrected chi connectivity index (χ0v) is 13.7. The van der Waals surface area contributed by atoms with Crippen molar-refractivity contribution in [3.05, 3.63) is 58.7 Å². The van der Waals surface area contributed by atoms with Crippen LogP contribution in [0.15, 0.2) is 48.7 Å². The van der Waals surface area contributed by atoms with Gasteiger partial charge in [0.2, 0.25) is 0 Å². The van der Waals surface area contributed by atoms with E-state index in [1.165, 1.54) is 0 Å². The lowest BCUT2D eigenvalue weighted by Gasteiger charge is -1.99. The standard InChI is InChI=1S/C17H9Cl2N5/c18-9-5-6-10(12(19)7-9)14-8-24-17(21-14)22-16-15(23-24)11-3-1-2-4-13(11)20-16/h1-8H,(H,20,21,22). The number of aromatic nitrogens is 5. The lowest BCUT2D eigenvalue weighted by molar-refractivity contribution is 0.943. The summed E-state index contributed by atoms with van der Waals surface area (Å²) in [4.78, 5) is 12.4. The summed E-state index contributed by atoms with van der Waals surface area (Å²) in [5, 5.41) is 6.81. The number of rotatable bonds is 1. The third-order valence-corrected chi connectivity index (χ3v) is 4.50. The molecular weight excluding hydrogens is 345 g/mol. The number of benzene rings is 2. The molecule has 2 aromatic carbocycles. The van der Waals surface area contributed by atoms with Crippen molar-refractivity contribution in [2.24, 2.45) is 0 Å². The van der Waals surface area contributed by atoms with E-state index in [0.717, 1.165) is 22.0 Å². The van der Waals surface area contributed by atoms with E-state index in [9.17, 15) is 0 Å². The van der Waals surface area contributed by atoms with Crippen molar-refractivity contribution < 1.29 is 0 Å². The monoisotopic (exact) mass is 353 g/mol. The third-order valence-electron chi connectivity index (χ3n) is 3.96. The van der Waals surface area contributed by atoms with E-state index in [0.29, 0.717) is 27.2 Å². The molecule has 7 heteroatoms. The number of nitrogens with zero attached hydrogens (tertiary/aromatic N) is 4. The fraction of sp³-hybridized carbons (Fsp3) is 0. The maximum atomic E-state index is 6.27. The molecule has 0 saturated carbocycles. The predicted molar refractivity (Wildman–Crippen MR) is 95.6 cm³/mol. The molecule has 0 unspecified atom stereocenters. The first kappa shape index (κ1) is 13.8. The van der Waals surface area contributed by atoms with Gasteiger partial charge in [-0.2, -0.15) is 10.1 Å². The molecule has 5 nitrogen and oxygen atoms in total. The molecule has 3 heterocycles. The van der Waals surface area contributed by atoms with Gasteiger partial charge in [0.05, 0.1) is 16.9 Å². The summed E-state index contributed by atoms with van der Waals surface area (Å²) in [6.07, 6.45) is 1.82. The molecule has 0 fully saturated rings. The van der Waals surface area contributed by atoms with E-state index in [-0.39, 0.29) is 0 Å². The Bertz CT molecular complexity index is 1240. The first-order valence-corrected chi connectivity index (χ1v) is 8.04. The quantitative estimate of drug-likeness (QED) is 0.473. The van der Waals surface area contributed by atoms with E-state index >= 15 is 0 Å². The molecule has 0 amide bonds. The Labute approximate surface area is 145 Å². The zero-order chi connectivity index (χ0) is 16.3. The van der Waals surface area contributed by atoms with Gasteiger partial charge in [0, 0.05) is 21.5 Å². The lowest BCUT2D eigenvalue weighted by atomic mass is 10.2. The Kier molecular flexibility index (Phi) is 2.83. The molecular formula is C17H9Cl2N5. The van der Waals surface area contributed by atoms with Crippen LogP contribution in [0.2, 0.25) is 10.0 Å². The molecule has 24 heavy (non-hydrogen) atoms. The van der Waals surface area contributed by atoms with Gasteiger partial charge in [-0.25, -0.2) is 9.50 Å². The number of halogens is 2. The normalized spacial score (nSPS) is 11.8. The highest BCUT2D eigenvalue weighted by Crippen LogP contribution is 2.30. The molecule has 1 N–H and O–H groups in total. The van der Waals surface area contributed by atoms with E-state index < -0.39 is 0 Å². The van der Waals surface area contributed by atoms with Gasteiger partial charge in [0.25, 0.3) is 5.78 Å². The Morgan fingerprint density at radius 2 is 1.88 bits per heavy atom. The van der Waals surface area contributed by atoms with Crippen LogP contribution >= 0.6 is 23.2 Å². The van der Waals surface area contributed by atoms with Crippen LogP contribution < -0.4 is 0 Å². The van der Waals surface area contributed by atoms with Crippen molar-refractivity contribution in [3.63, 3.8) is 0 Å². The number of para-hydroxylation sites is 1. The van der Waals surface area contributed by atoms with E-state index in [4.69, 9.17) is 23.2 Å². The van der Waals surface area contributed by atoms with Crippen LogP contribution in [0.3, 0.4) is 0 Å². The highest BCUT2D eigenvalue weighted by atomic mass is 35.5. The fourth-order valence-electron chi connectivity index (χ4n) is 2.84. The first-order chi connectivity index (χ1) is 11.7. The summed E-state index contributed by atoms with van der Waals surface area (Å²) in [5.74, 6) is 0.509. The van der Waals surface area contributed by atoms with Crippen molar-refractivity contribution >= 4 is 51.0 Å². The van der Waals surface area contributed by atoms with Gasteiger partial charge in [-0.3, -0.25) is 0 Å². The maximum Gasteiger partial charge on any atom is 0.253 e. The number of hydrogen-bond donors (Lipinski definition) is 1. The smallest absolute Gasteiger partial charge is 0.253 e. The molecule has 0 aliphatic carbocycles. The number of fused-ring (bicyclic) bond motifs is 4. The van der Waals surface area contributed by atoms with Crippen molar-refractivity contribution in [1.82, 2.24) is 24.6 Å². The van der Waals surface area contributed by atoms with Gasteiger partial charge < -0.3 is 4.98 Å². The average molecular weight is 354 g/mol. The molecule has 5 aromatic rings. The summed E-state index contributed by atoms with van der Waals surface area (Å²) in [5.41, 5.74) is 4.02. The molecule has 0 aliphatic heterocycles. The predicted octanol–water partition coefficient (Wildman–Crippen LogP) is 4.73. The molecule has 0 aliphatic rings. The van der Waals surface area contributed by atoms with Crippen molar-refractivity contribution in [2.75, 3.05) is 0 Å². The van der Waals surface area contributed by atoms with Crippen LogP contribution in [0.5, 0.6) is 0 Å². The Balaban J connectivity index is 1.77. The maximum absolute atomic E-state index is 6.27. The van der Waals surface area contributed by atoms with Crippen molar-refractivity contribution in [3.8, 4) is 11.3 Å². The van der Waals surface area contributed by atoms with Gasteiger partial charge in [-0.05, 0) is 24.3 Å². The first-order valence-electron chi connectivity index (χ1n) is 7.28. The summed E-state index contributed by atoms with van der Waals surface area (Å²) < 4.78 is 1.67. The Morgan fingerprint density at radius 3 is 2.75 bits per heavy atom. The van der Waals surface area contributed by atoms with Gasteiger partial charge in [0.15, 0.2) is 5.65 Å². The largest absolute Gasteiger partial charge is 0.338 e. The second-order valence-electron chi connectivity index (χ2n) is 5.47. The molecule has 0 spiro atoms. The number of hydrogen-bond acceptors (Lipinski definition) is 3. The second-order valence-corrected chi connectivity index (χ2v) is 6.32. The van der Waals surface area contributed by atoms with Crippen LogP contribution in [0.25, 0.3) is 39.1 Å². The highest BCUT2D eigenvalue weighted by Gasteiger charge is 2.13. The van der Waals surface area contributed by atoms with Crippen molar-refractivity contribution in [1.29, 1.82) is 0 Å². The van der Waals surface area contributed by atoms with Crippen LogP contribution in [-0.2, 0) is 0 Å². The molecule has 0 atom stereocenters. The van der Waals surface area contributed by atoms with Crippen LogP contribution in [0.4, 0.5) is 0 Å². The molecule has 116 valence electrons. The molecule has 0 bridgehead atoms. The second kappa shape index (κ2) is 4.93. The Morgan fingerprint density at radius 1 is 1.00 bits per heavy atom. The number of H-pyrrole nitrogens is 1. The highest BCUT2D eigenvalue weighted by molar-refractivity contribution is 6.36. The SMILES string of the molecule is Clc1ccc(-c2cn3nc4c(nc3n2)[nH]c2ccccc24)c(Cl)c1. The molecule has 0 saturated heterocycles. The minimum atomic E-state index is 0.509. The number of nitrogens with one attached hydrogen (secondary N) is 1. The minimum absolute atomic E-state index is 0.509. The topological polar surface area (TPSA) is 58.9 Å². The average Bonchev–Trinajstić information content (AvgIpc) is 3.12. The van der Waals surface area contributed by atoms with Crippen LogP contribution in [0.1, 0.15) is 0 Å². The molecule has 0 radical (unpaired) electrons. The summed E-state index contributed by atoms with van der Waals surface area (Å²) in [6.45, 7) is 0. The van der Waals surface area contributed by atoms with Gasteiger partial charge in [0.1, 0.15) is 5.52 Å².